The lowest BCUT2D eigenvalue weighted by molar-refractivity contribution is 0.0752. The van der Waals surface area contributed by atoms with Crippen LogP contribution in [0.5, 0.6) is 5.75 Å². The zero-order chi connectivity index (χ0) is 13.1. The Hall–Kier alpha value is -1.75. The Morgan fingerprint density at radius 1 is 1.28 bits per heavy atom. The van der Waals surface area contributed by atoms with Gasteiger partial charge in [-0.3, -0.25) is 4.79 Å². The molecule has 0 saturated carbocycles. The molecule has 2 rings (SSSR count). The highest BCUT2D eigenvalue weighted by atomic mass is 79.9. The minimum atomic E-state index is -0.186. The number of carbonyl (C=O) groups excluding carboxylic acids is 1. The first-order chi connectivity index (χ1) is 8.56. The standard InChI is InChI=1S/C13H12BrNO3/c1-15(8-9-2-4-10(16)5-3-9)13(17)11-6-7-12(14)18-11/h2-7,16H,8H2,1H3. The summed E-state index contributed by atoms with van der Waals surface area (Å²) in [5, 5.41) is 9.18. The average Bonchev–Trinajstić information content (AvgIpc) is 2.78. The van der Waals surface area contributed by atoms with Gasteiger partial charge in [0.1, 0.15) is 5.75 Å². The van der Waals surface area contributed by atoms with Crippen molar-refractivity contribution in [1.29, 1.82) is 0 Å². The van der Waals surface area contributed by atoms with Crippen molar-refractivity contribution in [2.75, 3.05) is 7.05 Å². The molecule has 0 bridgehead atoms. The number of phenols is 1. The Balaban J connectivity index is 2.05. The summed E-state index contributed by atoms with van der Waals surface area (Å²) in [4.78, 5) is 13.5. The van der Waals surface area contributed by atoms with Crippen molar-refractivity contribution in [3.05, 3.63) is 52.4 Å². The molecule has 0 aliphatic heterocycles. The van der Waals surface area contributed by atoms with E-state index >= 15 is 0 Å². The molecule has 0 unspecified atom stereocenters. The lowest BCUT2D eigenvalue weighted by atomic mass is 10.2. The minimum absolute atomic E-state index is 0.186. The second-order valence-electron chi connectivity index (χ2n) is 3.93. The fourth-order valence-corrected chi connectivity index (χ4v) is 1.87. The molecule has 0 saturated heterocycles. The van der Waals surface area contributed by atoms with Crippen LogP contribution in [-0.2, 0) is 6.54 Å². The van der Waals surface area contributed by atoms with Crippen molar-refractivity contribution in [3.8, 4) is 5.75 Å². The van der Waals surface area contributed by atoms with Gasteiger partial charge >= 0.3 is 0 Å². The van der Waals surface area contributed by atoms with E-state index in [2.05, 4.69) is 15.9 Å². The second-order valence-corrected chi connectivity index (χ2v) is 4.71. The van der Waals surface area contributed by atoms with Gasteiger partial charge in [-0.1, -0.05) is 12.1 Å². The number of benzene rings is 1. The first-order valence-corrected chi connectivity index (χ1v) is 6.14. The summed E-state index contributed by atoms with van der Waals surface area (Å²) in [5.41, 5.74) is 0.939. The third kappa shape index (κ3) is 2.92. The van der Waals surface area contributed by atoms with Crippen molar-refractivity contribution in [1.82, 2.24) is 4.90 Å². The van der Waals surface area contributed by atoms with Crippen LogP contribution in [-0.4, -0.2) is 23.0 Å². The van der Waals surface area contributed by atoms with Gasteiger partial charge in [-0.25, -0.2) is 0 Å². The normalized spacial score (nSPS) is 10.3. The van der Waals surface area contributed by atoms with E-state index in [0.29, 0.717) is 17.0 Å². The van der Waals surface area contributed by atoms with Gasteiger partial charge in [-0.2, -0.15) is 0 Å². The number of halogens is 1. The molecule has 1 amide bonds. The Labute approximate surface area is 113 Å². The lowest BCUT2D eigenvalue weighted by Gasteiger charge is -2.15. The predicted molar refractivity (Wildman–Crippen MR) is 70.3 cm³/mol. The highest BCUT2D eigenvalue weighted by Gasteiger charge is 2.15. The fraction of sp³-hybridized carbons (Fsp3) is 0.154. The topological polar surface area (TPSA) is 53.7 Å². The van der Waals surface area contributed by atoms with Gasteiger partial charge in [0.2, 0.25) is 0 Å². The smallest absolute Gasteiger partial charge is 0.289 e. The Morgan fingerprint density at radius 3 is 2.50 bits per heavy atom. The first-order valence-electron chi connectivity index (χ1n) is 5.35. The van der Waals surface area contributed by atoms with Crippen molar-refractivity contribution in [2.24, 2.45) is 0 Å². The summed E-state index contributed by atoms with van der Waals surface area (Å²) in [6.45, 7) is 0.456. The number of amides is 1. The minimum Gasteiger partial charge on any atom is -0.508 e. The molecule has 0 aliphatic rings. The molecule has 1 N–H and O–H groups in total. The van der Waals surface area contributed by atoms with E-state index in [1.807, 2.05) is 0 Å². The third-order valence-corrected chi connectivity index (χ3v) is 2.91. The van der Waals surface area contributed by atoms with Gasteiger partial charge in [0.15, 0.2) is 10.4 Å². The molecule has 94 valence electrons. The van der Waals surface area contributed by atoms with Crippen LogP contribution in [0.2, 0.25) is 0 Å². The van der Waals surface area contributed by atoms with E-state index in [1.54, 1.807) is 48.3 Å². The largest absolute Gasteiger partial charge is 0.508 e. The summed E-state index contributed by atoms with van der Waals surface area (Å²) in [7, 11) is 1.70. The van der Waals surface area contributed by atoms with Crippen LogP contribution in [0.15, 0.2) is 45.5 Å². The van der Waals surface area contributed by atoms with Crippen LogP contribution in [0.1, 0.15) is 16.1 Å². The van der Waals surface area contributed by atoms with Gasteiger partial charge in [-0.05, 0) is 45.8 Å². The number of hydrogen-bond donors (Lipinski definition) is 1. The van der Waals surface area contributed by atoms with Crippen LogP contribution in [0, 0.1) is 0 Å². The summed E-state index contributed by atoms with van der Waals surface area (Å²) in [6, 6.07) is 10.0. The maximum Gasteiger partial charge on any atom is 0.289 e. The number of furan rings is 1. The van der Waals surface area contributed by atoms with Crippen LogP contribution in [0.3, 0.4) is 0 Å². The van der Waals surface area contributed by atoms with E-state index in [9.17, 15) is 9.90 Å². The van der Waals surface area contributed by atoms with Crippen LogP contribution in [0.4, 0.5) is 0 Å². The van der Waals surface area contributed by atoms with Gasteiger partial charge in [0.25, 0.3) is 5.91 Å². The molecule has 18 heavy (non-hydrogen) atoms. The number of carbonyl (C=O) groups is 1. The fourth-order valence-electron chi connectivity index (χ4n) is 1.56. The monoisotopic (exact) mass is 309 g/mol. The number of nitrogens with zero attached hydrogens (tertiary/aromatic N) is 1. The Kier molecular flexibility index (Phi) is 3.72. The van der Waals surface area contributed by atoms with E-state index in [4.69, 9.17) is 4.42 Å². The van der Waals surface area contributed by atoms with Gasteiger partial charge in [0, 0.05) is 13.6 Å². The second kappa shape index (κ2) is 5.27. The van der Waals surface area contributed by atoms with Gasteiger partial charge in [-0.15, -0.1) is 0 Å². The first kappa shape index (κ1) is 12.7. The van der Waals surface area contributed by atoms with Gasteiger partial charge in [0.05, 0.1) is 0 Å². The maximum atomic E-state index is 12.0. The highest BCUT2D eigenvalue weighted by Crippen LogP contribution is 2.17. The van der Waals surface area contributed by atoms with E-state index in [-0.39, 0.29) is 11.7 Å². The average molecular weight is 310 g/mol. The van der Waals surface area contributed by atoms with E-state index in [0.717, 1.165) is 5.56 Å². The van der Waals surface area contributed by atoms with Crippen LogP contribution < -0.4 is 0 Å². The van der Waals surface area contributed by atoms with Crippen LogP contribution >= 0.6 is 15.9 Å². The molecule has 5 heteroatoms. The molecule has 0 atom stereocenters. The molecular weight excluding hydrogens is 298 g/mol. The zero-order valence-electron chi connectivity index (χ0n) is 9.76. The predicted octanol–water partition coefficient (Wildman–Crippen LogP) is 3.02. The summed E-state index contributed by atoms with van der Waals surface area (Å²) >= 11 is 3.16. The SMILES string of the molecule is CN(Cc1ccc(O)cc1)C(=O)c1ccc(Br)o1. The summed E-state index contributed by atoms with van der Waals surface area (Å²) in [5.74, 6) is 0.319. The zero-order valence-corrected chi connectivity index (χ0v) is 11.3. The molecule has 4 nitrogen and oxygen atoms in total. The molecular formula is C13H12BrNO3. The number of hydrogen-bond acceptors (Lipinski definition) is 3. The van der Waals surface area contributed by atoms with Crippen molar-refractivity contribution >= 4 is 21.8 Å². The maximum absolute atomic E-state index is 12.0. The molecule has 1 aromatic carbocycles. The van der Waals surface area contributed by atoms with Gasteiger partial charge < -0.3 is 14.4 Å². The number of phenolic OH excluding ortho intramolecular Hbond substituents is 1. The molecule has 0 fully saturated rings. The van der Waals surface area contributed by atoms with E-state index < -0.39 is 0 Å². The Morgan fingerprint density at radius 2 is 1.94 bits per heavy atom. The van der Waals surface area contributed by atoms with Crippen molar-refractivity contribution < 1.29 is 14.3 Å². The highest BCUT2D eigenvalue weighted by molar-refractivity contribution is 9.10. The molecule has 0 spiro atoms. The summed E-state index contributed by atoms with van der Waals surface area (Å²) in [6.07, 6.45) is 0. The lowest BCUT2D eigenvalue weighted by Crippen LogP contribution is -2.25. The molecule has 1 aromatic heterocycles. The Bertz CT molecular complexity index is 548. The quantitative estimate of drug-likeness (QED) is 0.948. The van der Waals surface area contributed by atoms with Crippen LogP contribution in [0.25, 0.3) is 0 Å². The molecule has 0 aliphatic carbocycles. The number of rotatable bonds is 3. The molecule has 1 heterocycles. The number of aromatic hydroxyl groups is 1. The molecule has 0 radical (unpaired) electrons. The van der Waals surface area contributed by atoms with Crippen molar-refractivity contribution in [3.63, 3.8) is 0 Å². The third-order valence-electron chi connectivity index (χ3n) is 2.49. The van der Waals surface area contributed by atoms with Crippen molar-refractivity contribution in [2.45, 2.75) is 6.54 Å². The van der Waals surface area contributed by atoms with E-state index in [1.165, 1.54) is 0 Å². The summed E-state index contributed by atoms with van der Waals surface area (Å²) < 4.78 is 5.74. The molecule has 2 aromatic rings.